The van der Waals surface area contributed by atoms with Crippen molar-refractivity contribution in [2.75, 3.05) is 13.2 Å². The third-order valence-electron chi connectivity index (χ3n) is 5.11. The SMILES string of the molecule is O=C(C[C@H]1CC[C@@H](NC(=O)Cc2ccccn2)[C@H](CO)O1)NCCc1ccncc1. The number of carbonyl (C=O) groups is 2. The molecule has 2 aromatic heterocycles. The summed E-state index contributed by atoms with van der Waals surface area (Å²) in [5, 5.41) is 15.5. The highest BCUT2D eigenvalue weighted by molar-refractivity contribution is 5.78. The van der Waals surface area contributed by atoms with Gasteiger partial charge in [0.2, 0.25) is 11.8 Å². The largest absolute Gasteiger partial charge is 0.394 e. The molecule has 0 spiro atoms. The Morgan fingerprint density at radius 2 is 1.93 bits per heavy atom. The zero-order valence-corrected chi connectivity index (χ0v) is 16.9. The number of aliphatic hydroxyl groups is 1. The normalized spacial score (nSPS) is 21.0. The summed E-state index contributed by atoms with van der Waals surface area (Å²) in [5.41, 5.74) is 1.80. The predicted molar refractivity (Wildman–Crippen MR) is 110 cm³/mol. The average molecular weight is 412 g/mol. The van der Waals surface area contributed by atoms with Crippen LogP contribution in [0.15, 0.2) is 48.9 Å². The molecule has 2 aromatic rings. The third kappa shape index (κ3) is 6.89. The summed E-state index contributed by atoms with van der Waals surface area (Å²) in [6, 6.07) is 8.99. The molecule has 3 rings (SSSR count). The fraction of sp³-hybridized carbons (Fsp3) is 0.455. The van der Waals surface area contributed by atoms with Gasteiger partial charge in [-0.05, 0) is 49.1 Å². The summed E-state index contributed by atoms with van der Waals surface area (Å²) >= 11 is 0. The van der Waals surface area contributed by atoms with Gasteiger partial charge < -0.3 is 20.5 Å². The fourth-order valence-corrected chi connectivity index (χ4v) is 3.55. The first-order valence-electron chi connectivity index (χ1n) is 10.2. The van der Waals surface area contributed by atoms with Gasteiger partial charge >= 0.3 is 0 Å². The number of hydrogen-bond acceptors (Lipinski definition) is 6. The maximum Gasteiger partial charge on any atom is 0.226 e. The molecule has 160 valence electrons. The molecule has 0 unspecified atom stereocenters. The molecule has 0 aromatic carbocycles. The smallest absolute Gasteiger partial charge is 0.226 e. The molecule has 1 fully saturated rings. The van der Waals surface area contributed by atoms with E-state index in [2.05, 4.69) is 20.6 Å². The quantitative estimate of drug-likeness (QED) is 0.561. The second kappa shape index (κ2) is 11.4. The van der Waals surface area contributed by atoms with Crippen LogP contribution in [0.5, 0.6) is 0 Å². The van der Waals surface area contributed by atoms with Crippen LogP contribution in [0.1, 0.15) is 30.5 Å². The van der Waals surface area contributed by atoms with Crippen LogP contribution in [0.3, 0.4) is 0 Å². The zero-order valence-electron chi connectivity index (χ0n) is 16.9. The molecule has 0 saturated carbocycles. The van der Waals surface area contributed by atoms with Crippen molar-refractivity contribution in [3.8, 4) is 0 Å². The average Bonchev–Trinajstić information content (AvgIpc) is 2.76. The second-order valence-electron chi connectivity index (χ2n) is 7.39. The predicted octanol–water partition coefficient (Wildman–Crippen LogP) is 0.793. The van der Waals surface area contributed by atoms with Crippen molar-refractivity contribution in [1.29, 1.82) is 0 Å². The molecule has 3 N–H and O–H groups in total. The van der Waals surface area contributed by atoms with Crippen LogP contribution in [0.4, 0.5) is 0 Å². The fourth-order valence-electron chi connectivity index (χ4n) is 3.55. The highest BCUT2D eigenvalue weighted by Gasteiger charge is 2.32. The van der Waals surface area contributed by atoms with E-state index in [0.29, 0.717) is 25.1 Å². The number of pyridine rings is 2. The maximum atomic E-state index is 12.3. The number of ether oxygens (including phenoxy) is 1. The lowest BCUT2D eigenvalue weighted by Crippen LogP contribution is -2.51. The minimum atomic E-state index is -0.527. The van der Waals surface area contributed by atoms with E-state index in [-0.39, 0.29) is 43.4 Å². The molecule has 8 nitrogen and oxygen atoms in total. The van der Waals surface area contributed by atoms with E-state index >= 15 is 0 Å². The zero-order chi connectivity index (χ0) is 21.2. The molecule has 0 bridgehead atoms. The number of carbonyl (C=O) groups excluding carboxylic acids is 2. The summed E-state index contributed by atoms with van der Waals surface area (Å²) in [7, 11) is 0. The molecule has 8 heteroatoms. The highest BCUT2D eigenvalue weighted by atomic mass is 16.5. The molecule has 0 aliphatic carbocycles. The molecular weight excluding hydrogens is 384 g/mol. The van der Waals surface area contributed by atoms with Crippen molar-refractivity contribution < 1.29 is 19.4 Å². The van der Waals surface area contributed by atoms with Gasteiger partial charge in [-0.1, -0.05) is 6.07 Å². The van der Waals surface area contributed by atoms with E-state index in [1.54, 1.807) is 30.7 Å². The van der Waals surface area contributed by atoms with E-state index in [0.717, 1.165) is 12.0 Å². The topological polar surface area (TPSA) is 113 Å². The number of nitrogens with zero attached hydrogens (tertiary/aromatic N) is 2. The molecule has 3 atom stereocenters. The number of aromatic nitrogens is 2. The summed E-state index contributed by atoms with van der Waals surface area (Å²) in [6.45, 7) is 0.333. The first-order chi connectivity index (χ1) is 14.6. The van der Waals surface area contributed by atoms with Crippen LogP contribution < -0.4 is 10.6 Å². The summed E-state index contributed by atoms with van der Waals surface area (Å²) in [4.78, 5) is 32.6. The number of amides is 2. The molecule has 0 radical (unpaired) electrons. The van der Waals surface area contributed by atoms with E-state index in [4.69, 9.17) is 4.74 Å². The lowest BCUT2D eigenvalue weighted by molar-refractivity contribution is -0.135. The Hall–Kier alpha value is -2.84. The lowest BCUT2D eigenvalue weighted by Gasteiger charge is -2.36. The van der Waals surface area contributed by atoms with Gasteiger partial charge in [0.25, 0.3) is 0 Å². The summed E-state index contributed by atoms with van der Waals surface area (Å²) in [5.74, 6) is -0.239. The van der Waals surface area contributed by atoms with Crippen molar-refractivity contribution >= 4 is 11.8 Å². The minimum absolute atomic E-state index is 0.0802. The van der Waals surface area contributed by atoms with Crippen LogP contribution in [0.25, 0.3) is 0 Å². The van der Waals surface area contributed by atoms with E-state index < -0.39 is 6.10 Å². The third-order valence-corrected chi connectivity index (χ3v) is 5.11. The standard InChI is InChI=1S/C22H28N4O4/c27-15-20-19(26-22(29)13-17-3-1-2-9-24-17)5-4-18(30-20)14-21(28)25-12-8-16-6-10-23-11-7-16/h1-3,6-7,9-11,18-20,27H,4-5,8,12-15H2,(H,25,28)(H,26,29)/t18-,19-,20+/m1/s1. The van der Waals surface area contributed by atoms with Gasteiger partial charge in [0, 0.05) is 30.8 Å². The van der Waals surface area contributed by atoms with Crippen molar-refractivity contribution in [2.45, 2.75) is 50.4 Å². The Morgan fingerprint density at radius 3 is 2.67 bits per heavy atom. The van der Waals surface area contributed by atoms with Gasteiger partial charge in [0.15, 0.2) is 0 Å². The minimum Gasteiger partial charge on any atom is -0.394 e. The van der Waals surface area contributed by atoms with Crippen LogP contribution in [-0.2, 0) is 27.2 Å². The molecule has 1 aliphatic rings. The van der Waals surface area contributed by atoms with Gasteiger partial charge in [0.05, 0.1) is 31.6 Å². The van der Waals surface area contributed by atoms with Gasteiger partial charge in [-0.3, -0.25) is 19.6 Å². The van der Waals surface area contributed by atoms with E-state index in [1.165, 1.54) is 0 Å². The van der Waals surface area contributed by atoms with Crippen LogP contribution in [0, 0.1) is 0 Å². The first-order valence-corrected chi connectivity index (χ1v) is 10.2. The van der Waals surface area contributed by atoms with Crippen LogP contribution in [0.2, 0.25) is 0 Å². The maximum absolute atomic E-state index is 12.3. The Bertz CT molecular complexity index is 803. The number of hydrogen-bond donors (Lipinski definition) is 3. The van der Waals surface area contributed by atoms with Gasteiger partial charge in [0.1, 0.15) is 6.10 Å². The Kier molecular flexibility index (Phi) is 8.29. The van der Waals surface area contributed by atoms with Gasteiger partial charge in [-0.15, -0.1) is 0 Å². The van der Waals surface area contributed by atoms with E-state index in [9.17, 15) is 14.7 Å². The van der Waals surface area contributed by atoms with Crippen molar-refractivity contribution in [1.82, 2.24) is 20.6 Å². The van der Waals surface area contributed by atoms with Crippen molar-refractivity contribution in [3.05, 3.63) is 60.2 Å². The molecular formula is C22H28N4O4. The number of aliphatic hydroxyl groups excluding tert-OH is 1. The van der Waals surface area contributed by atoms with Crippen molar-refractivity contribution in [2.24, 2.45) is 0 Å². The van der Waals surface area contributed by atoms with Crippen LogP contribution >= 0.6 is 0 Å². The van der Waals surface area contributed by atoms with Gasteiger partial charge in [-0.2, -0.15) is 0 Å². The molecule has 1 saturated heterocycles. The van der Waals surface area contributed by atoms with E-state index in [1.807, 2.05) is 18.2 Å². The Morgan fingerprint density at radius 1 is 1.10 bits per heavy atom. The van der Waals surface area contributed by atoms with Crippen molar-refractivity contribution in [3.63, 3.8) is 0 Å². The molecule has 30 heavy (non-hydrogen) atoms. The number of nitrogens with one attached hydrogen (secondary N) is 2. The molecule has 1 aliphatic heterocycles. The van der Waals surface area contributed by atoms with Gasteiger partial charge in [-0.25, -0.2) is 0 Å². The monoisotopic (exact) mass is 412 g/mol. The second-order valence-corrected chi connectivity index (χ2v) is 7.39. The lowest BCUT2D eigenvalue weighted by atomic mass is 9.96. The highest BCUT2D eigenvalue weighted by Crippen LogP contribution is 2.22. The Labute approximate surface area is 176 Å². The summed E-state index contributed by atoms with van der Waals surface area (Å²) < 4.78 is 5.89. The summed E-state index contributed by atoms with van der Waals surface area (Å²) in [6.07, 6.45) is 6.75. The molecule has 3 heterocycles. The first kappa shape index (κ1) is 21.9. The Balaban J connectivity index is 1.40. The number of rotatable bonds is 9. The van der Waals surface area contributed by atoms with Crippen LogP contribution in [-0.4, -0.2) is 58.3 Å². The molecule has 2 amide bonds.